The van der Waals surface area contributed by atoms with Gasteiger partial charge < -0.3 is 5.32 Å². The van der Waals surface area contributed by atoms with Gasteiger partial charge in [-0.2, -0.15) is 4.98 Å². The minimum absolute atomic E-state index is 0.166. The lowest BCUT2D eigenvalue weighted by Gasteiger charge is -2.04. The maximum absolute atomic E-state index is 11.0. The number of nitrogens with zero attached hydrogens (tertiary/aromatic N) is 5. The summed E-state index contributed by atoms with van der Waals surface area (Å²) in [4.78, 5) is 26.7. The normalized spacial score (nSPS) is 10.3. The highest BCUT2D eigenvalue weighted by Gasteiger charge is 2.19. The molecule has 8 nitrogen and oxygen atoms in total. The Morgan fingerprint density at radius 2 is 2.00 bits per heavy atom. The van der Waals surface area contributed by atoms with Crippen LogP contribution in [0.5, 0.6) is 0 Å². The largest absolute Gasteiger partial charge is 0.354 e. The van der Waals surface area contributed by atoms with Gasteiger partial charge in [-0.3, -0.25) is 10.1 Å². The molecule has 0 aliphatic carbocycles. The van der Waals surface area contributed by atoms with Gasteiger partial charge in [-0.25, -0.2) is 15.0 Å². The molecule has 1 N–H and O–H groups in total. The number of aryl methyl sites for hydroxylation is 1. The molecule has 2 heterocycles. The van der Waals surface area contributed by atoms with Crippen molar-refractivity contribution >= 4 is 23.4 Å². The highest BCUT2D eigenvalue weighted by Crippen LogP contribution is 2.31. The predicted molar refractivity (Wildman–Crippen MR) is 73.7 cm³/mol. The molecule has 9 heteroatoms. The van der Waals surface area contributed by atoms with Gasteiger partial charge in [-0.1, -0.05) is 0 Å². The Morgan fingerprint density at radius 1 is 1.30 bits per heavy atom. The van der Waals surface area contributed by atoms with Crippen LogP contribution in [0.2, 0.25) is 0 Å². The first-order chi connectivity index (χ1) is 9.60. The molecule has 0 saturated carbocycles. The third kappa shape index (κ3) is 3.38. The fraction of sp³-hybridized carbons (Fsp3) is 0.273. The number of aromatic nitrogens is 4. The summed E-state index contributed by atoms with van der Waals surface area (Å²) in [6.45, 7) is 4.38. The molecule has 0 fully saturated rings. The van der Waals surface area contributed by atoms with Crippen molar-refractivity contribution in [1.29, 1.82) is 0 Å². The monoisotopic (exact) mass is 292 g/mol. The van der Waals surface area contributed by atoms with E-state index in [0.29, 0.717) is 17.6 Å². The third-order valence-electron chi connectivity index (χ3n) is 2.21. The molecule has 0 saturated heterocycles. The lowest BCUT2D eigenvalue weighted by molar-refractivity contribution is -0.388. The zero-order valence-electron chi connectivity index (χ0n) is 10.9. The number of nitro groups is 1. The van der Waals surface area contributed by atoms with Crippen LogP contribution in [-0.2, 0) is 0 Å². The van der Waals surface area contributed by atoms with E-state index in [-0.39, 0.29) is 10.7 Å². The minimum Gasteiger partial charge on any atom is -0.354 e. The van der Waals surface area contributed by atoms with Crippen molar-refractivity contribution in [1.82, 2.24) is 19.9 Å². The lowest BCUT2D eigenvalue weighted by Crippen LogP contribution is -2.04. The Hall–Kier alpha value is -2.29. The number of hydrogen-bond donors (Lipinski definition) is 1. The summed E-state index contributed by atoms with van der Waals surface area (Å²) < 4.78 is 0. The van der Waals surface area contributed by atoms with Gasteiger partial charge in [0.2, 0.25) is 5.95 Å². The van der Waals surface area contributed by atoms with Gasteiger partial charge in [-0.15, -0.1) is 0 Å². The zero-order chi connectivity index (χ0) is 14.5. The molecule has 2 aromatic rings. The SMILES string of the molecule is CCNc1ncc([N+](=O)[O-])c(Sc2ncc(C)cn2)n1. The van der Waals surface area contributed by atoms with Gasteiger partial charge >= 0.3 is 5.69 Å². The van der Waals surface area contributed by atoms with Crippen LogP contribution < -0.4 is 5.32 Å². The van der Waals surface area contributed by atoms with Crippen LogP contribution in [0, 0.1) is 17.0 Å². The van der Waals surface area contributed by atoms with Crippen LogP contribution in [-0.4, -0.2) is 31.4 Å². The van der Waals surface area contributed by atoms with Crippen LogP contribution in [0.1, 0.15) is 12.5 Å². The van der Waals surface area contributed by atoms with E-state index in [9.17, 15) is 10.1 Å². The van der Waals surface area contributed by atoms with Crippen molar-refractivity contribution in [3.05, 3.63) is 34.3 Å². The Bertz CT molecular complexity index is 619. The van der Waals surface area contributed by atoms with Crippen LogP contribution in [0.15, 0.2) is 28.8 Å². The second kappa shape index (κ2) is 6.24. The summed E-state index contributed by atoms with van der Waals surface area (Å²) in [5.74, 6) is 0.340. The van der Waals surface area contributed by atoms with E-state index in [1.165, 1.54) is 6.20 Å². The van der Waals surface area contributed by atoms with E-state index >= 15 is 0 Å². The summed E-state index contributed by atoms with van der Waals surface area (Å²) >= 11 is 1.04. The standard InChI is InChI=1S/C11H12N6O2S/c1-3-12-10-13-6-8(17(18)19)9(16-10)20-11-14-4-7(2)5-15-11/h4-6H,3H2,1-2H3,(H,12,13,16). The van der Waals surface area contributed by atoms with E-state index in [2.05, 4.69) is 25.3 Å². The first-order valence-electron chi connectivity index (χ1n) is 5.82. The topological polar surface area (TPSA) is 107 Å². The highest BCUT2D eigenvalue weighted by molar-refractivity contribution is 7.99. The molecule has 0 aliphatic heterocycles. The number of anilines is 1. The molecule has 0 amide bonds. The molecule has 0 aliphatic rings. The molecule has 2 rings (SSSR count). The molecule has 0 bridgehead atoms. The molecule has 0 spiro atoms. The van der Waals surface area contributed by atoms with Gasteiger partial charge in [-0.05, 0) is 31.2 Å². The molecule has 20 heavy (non-hydrogen) atoms. The van der Waals surface area contributed by atoms with Crippen LogP contribution in [0.3, 0.4) is 0 Å². The molecule has 104 valence electrons. The minimum atomic E-state index is -0.522. The van der Waals surface area contributed by atoms with Gasteiger partial charge in [0.05, 0.1) is 4.92 Å². The Kier molecular flexibility index (Phi) is 4.41. The summed E-state index contributed by atoms with van der Waals surface area (Å²) in [6, 6.07) is 0. The van der Waals surface area contributed by atoms with Gasteiger partial charge in [0, 0.05) is 18.9 Å². The summed E-state index contributed by atoms with van der Waals surface area (Å²) in [6.07, 6.45) is 4.47. The fourth-order valence-corrected chi connectivity index (χ4v) is 2.07. The number of hydrogen-bond acceptors (Lipinski definition) is 8. The van der Waals surface area contributed by atoms with Crippen LogP contribution in [0.4, 0.5) is 11.6 Å². The number of rotatable bonds is 5. The van der Waals surface area contributed by atoms with E-state index in [1.54, 1.807) is 12.4 Å². The van der Waals surface area contributed by atoms with Crippen molar-refractivity contribution in [2.75, 3.05) is 11.9 Å². The van der Waals surface area contributed by atoms with Crippen molar-refractivity contribution in [3.8, 4) is 0 Å². The summed E-state index contributed by atoms with van der Waals surface area (Å²) in [5, 5.41) is 14.5. The maximum Gasteiger partial charge on any atom is 0.320 e. The van der Waals surface area contributed by atoms with Crippen molar-refractivity contribution in [2.24, 2.45) is 0 Å². The maximum atomic E-state index is 11.0. The molecule has 0 radical (unpaired) electrons. The lowest BCUT2D eigenvalue weighted by atomic mass is 10.4. The molecule has 0 unspecified atom stereocenters. The fourth-order valence-electron chi connectivity index (χ4n) is 1.32. The van der Waals surface area contributed by atoms with Gasteiger partial charge in [0.15, 0.2) is 10.2 Å². The Morgan fingerprint density at radius 3 is 2.60 bits per heavy atom. The van der Waals surface area contributed by atoms with E-state index in [0.717, 1.165) is 17.3 Å². The number of nitrogens with one attached hydrogen (secondary N) is 1. The first-order valence-corrected chi connectivity index (χ1v) is 6.63. The molecule has 0 aromatic carbocycles. The van der Waals surface area contributed by atoms with E-state index < -0.39 is 4.92 Å². The van der Waals surface area contributed by atoms with E-state index in [1.807, 2.05) is 13.8 Å². The smallest absolute Gasteiger partial charge is 0.320 e. The molecule has 0 atom stereocenters. The van der Waals surface area contributed by atoms with E-state index in [4.69, 9.17) is 0 Å². The average molecular weight is 292 g/mol. The first kappa shape index (κ1) is 14.1. The van der Waals surface area contributed by atoms with Crippen molar-refractivity contribution < 1.29 is 4.92 Å². The van der Waals surface area contributed by atoms with Crippen LogP contribution in [0.25, 0.3) is 0 Å². The Labute approximate surface area is 119 Å². The van der Waals surface area contributed by atoms with Gasteiger partial charge in [0.25, 0.3) is 0 Å². The average Bonchev–Trinajstić information content (AvgIpc) is 2.42. The Balaban J connectivity index is 2.34. The second-order valence-corrected chi connectivity index (χ2v) is 4.77. The van der Waals surface area contributed by atoms with Crippen LogP contribution >= 0.6 is 11.8 Å². The third-order valence-corrected chi connectivity index (χ3v) is 3.10. The quantitative estimate of drug-likeness (QED) is 0.386. The van der Waals surface area contributed by atoms with Gasteiger partial charge in [0.1, 0.15) is 6.20 Å². The molecule has 2 aromatic heterocycles. The summed E-state index contributed by atoms with van der Waals surface area (Å²) in [7, 11) is 0. The van der Waals surface area contributed by atoms with Crippen molar-refractivity contribution in [2.45, 2.75) is 24.0 Å². The highest BCUT2D eigenvalue weighted by atomic mass is 32.2. The summed E-state index contributed by atoms with van der Waals surface area (Å²) in [5.41, 5.74) is 0.751. The second-order valence-electron chi connectivity index (χ2n) is 3.82. The molecular formula is C11H12N6O2S. The predicted octanol–water partition coefficient (Wildman–Crippen LogP) is 2.07. The van der Waals surface area contributed by atoms with Crippen molar-refractivity contribution in [3.63, 3.8) is 0 Å². The zero-order valence-corrected chi connectivity index (χ0v) is 11.7. The molecular weight excluding hydrogens is 280 g/mol.